The maximum Gasteiger partial charge on any atom is 0.237 e. The van der Waals surface area contributed by atoms with Crippen molar-refractivity contribution < 1.29 is 4.79 Å². The summed E-state index contributed by atoms with van der Waals surface area (Å²) in [7, 11) is 1.89. The van der Waals surface area contributed by atoms with Crippen molar-refractivity contribution in [2.45, 2.75) is 38.1 Å². The highest BCUT2D eigenvalue weighted by molar-refractivity contribution is 8.00. The molecule has 3 rings (SSSR count). The molecule has 0 unspecified atom stereocenters. The van der Waals surface area contributed by atoms with Crippen LogP contribution in [0.5, 0.6) is 0 Å². The summed E-state index contributed by atoms with van der Waals surface area (Å²) in [5, 5.41) is 11.9. The fraction of sp³-hybridized carbons (Fsp3) is 0.286. The van der Waals surface area contributed by atoms with E-state index in [9.17, 15) is 4.79 Å². The Labute approximate surface area is 169 Å². The quantitative estimate of drug-likeness (QED) is 0.502. The van der Waals surface area contributed by atoms with Crippen LogP contribution in [0.25, 0.3) is 11.4 Å². The number of carbonyl (C=O) groups excluding carboxylic acids is 1. The highest BCUT2D eigenvalue weighted by Gasteiger charge is 2.20. The summed E-state index contributed by atoms with van der Waals surface area (Å²) in [6.45, 7) is 7.94. The topological polar surface area (TPSA) is 85.8 Å². The zero-order valence-electron chi connectivity index (χ0n) is 16.8. The second-order valence-electron chi connectivity index (χ2n) is 7.01. The molecule has 146 valence electrons. The molecule has 0 aliphatic carbocycles. The molecule has 0 aliphatic heterocycles. The first-order valence-electron chi connectivity index (χ1n) is 9.07. The molecule has 3 N–H and O–H groups in total. The van der Waals surface area contributed by atoms with Crippen LogP contribution >= 0.6 is 11.8 Å². The molecule has 0 spiro atoms. The molecule has 1 atom stereocenters. The monoisotopic (exact) mass is 395 g/mol. The Morgan fingerprint density at radius 2 is 1.82 bits per heavy atom. The van der Waals surface area contributed by atoms with Crippen molar-refractivity contribution in [3.05, 3.63) is 53.1 Å². The van der Waals surface area contributed by atoms with Crippen LogP contribution in [0.15, 0.2) is 41.6 Å². The number of thioether (sulfide) groups is 1. The fourth-order valence-electron chi connectivity index (χ4n) is 3.16. The van der Waals surface area contributed by atoms with Crippen molar-refractivity contribution in [2.24, 2.45) is 7.05 Å². The average Bonchev–Trinajstić information content (AvgIpc) is 2.98. The van der Waals surface area contributed by atoms with Gasteiger partial charge in [-0.05, 0) is 51.0 Å². The maximum atomic E-state index is 12.7. The number of nitrogens with one attached hydrogen (secondary N) is 1. The molecule has 1 heterocycles. The molecule has 0 radical (unpaired) electrons. The SMILES string of the molecule is Cc1cc(C)c(NC(=O)[C@H](C)Sc2nnc(-c3cccc(N)c3)n2C)c(C)c1. The lowest BCUT2D eigenvalue weighted by atomic mass is 10.1. The van der Waals surface area contributed by atoms with Crippen molar-refractivity contribution in [1.29, 1.82) is 0 Å². The molecule has 0 fully saturated rings. The summed E-state index contributed by atoms with van der Waals surface area (Å²) >= 11 is 1.38. The van der Waals surface area contributed by atoms with Crippen LogP contribution < -0.4 is 11.1 Å². The van der Waals surface area contributed by atoms with Crippen LogP contribution in [0.2, 0.25) is 0 Å². The number of nitrogens with two attached hydrogens (primary N) is 1. The van der Waals surface area contributed by atoms with Crippen molar-refractivity contribution in [3.8, 4) is 11.4 Å². The first kappa shape index (κ1) is 19.9. The van der Waals surface area contributed by atoms with Crippen LogP contribution in [0.4, 0.5) is 11.4 Å². The highest BCUT2D eigenvalue weighted by atomic mass is 32.2. The third-order valence-corrected chi connectivity index (χ3v) is 5.69. The van der Waals surface area contributed by atoms with Gasteiger partial charge in [-0.1, -0.05) is 41.6 Å². The number of nitrogens with zero attached hydrogens (tertiary/aromatic N) is 3. The van der Waals surface area contributed by atoms with E-state index in [0.29, 0.717) is 16.7 Å². The molecule has 6 nitrogen and oxygen atoms in total. The fourth-order valence-corrected chi connectivity index (χ4v) is 3.98. The summed E-state index contributed by atoms with van der Waals surface area (Å²) < 4.78 is 1.88. The van der Waals surface area contributed by atoms with Gasteiger partial charge in [0.2, 0.25) is 5.91 Å². The second kappa shape index (κ2) is 8.06. The van der Waals surface area contributed by atoms with Crippen LogP contribution in [-0.2, 0) is 11.8 Å². The third-order valence-electron chi connectivity index (χ3n) is 4.56. The zero-order chi connectivity index (χ0) is 20.4. The lowest BCUT2D eigenvalue weighted by Gasteiger charge is -2.16. The van der Waals surface area contributed by atoms with Gasteiger partial charge in [0.05, 0.1) is 5.25 Å². The number of amides is 1. The molecule has 3 aromatic rings. The van der Waals surface area contributed by atoms with Gasteiger partial charge >= 0.3 is 0 Å². The Bertz CT molecular complexity index is 1000. The largest absolute Gasteiger partial charge is 0.399 e. The minimum absolute atomic E-state index is 0.0615. The van der Waals surface area contributed by atoms with Gasteiger partial charge in [-0.2, -0.15) is 0 Å². The average molecular weight is 396 g/mol. The molecular weight excluding hydrogens is 370 g/mol. The molecule has 2 aromatic carbocycles. The summed E-state index contributed by atoms with van der Waals surface area (Å²) in [5.74, 6) is 0.654. The van der Waals surface area contributed by atoms with Crippen molar-refractivity contribution in [3.63, 3.8) is 0 Å². The molecule has 0 aliphatic rings. The predicted molar refractivity (Wildman–Crippen MR) is 115 cm³/mol. The number of benzene rings is 2. The summed E-state index contributed by atoms with van der Waals surface area (Å²) in [4.78, 5) is 12.7. The minimum atomic E-state index is -0.323. The molecule has 0 saturated heterocycles. The standard InChI is InChI=1S/C21H25N5OS/c1-12-9-13(2)18(14(3)10-12)23-20(27)15(4)28-21-25-24-19(26(21)5)16-7-6-8-17(22)11-16/h6-11,15H,22H2,1-5H3,(H,23,27)/t15-/m0/s1. The maximum absolute atomic E-state index is 12.7. The van der Waals surface area contributed by atoms with Gasteiger partial charge in [0.25, 0.3) is 0 Å². The van der Waals surface area contributed by atoms with Gasteiger partial charge in [0.15, 0.2) is 11.0 Å². The van der Waals surface area contributed by atoms with E-state index in [1.54, 1.807) is 0 Å². The van der Waals surface area contributed by atoms with Gasteiger partial charge in [0, 0.05) is 24.0 Å². The molecule has 28 heavy (non-hydrogen) atoms. The number of hydrogen-bond donors (Lipinski definition) is 2. The Hall–Kier alpha value is -2.80. The highest BCUT2D eigenvalue weighted by Crippen LogP contribution is 2.28. The third kappa shape index (κ3) is 4.20. The minimum Gasteiger partial charge on any atom is -0.399 e. The zero-order valence-corrected chi connectivity index (χ0v) is 17.6. The second-order valence-corrected chi connectivity index (χ2v) is 8.32. The van der Waals surface area contributed by atoms with E-state index in [2.05, 4.69) is 34.6 Å². The molecule has 1 aromatic heterocycles. The van der Waals surface area contributed by atoms with Gasteiger partial charge in [-0.3, -0.25) is 4.79 Å². The Morgan fingerprint density at radius 1 is 1.14 bits per heavy atom. The van der Waals surface area contributed by atoms with Gasteiger partial charge in [-0.25, -0.2) is 0 Å². The molecule has 0 bridgehead atoms. The van der Waals surface area contributed by atoms with Gasteiger partial charge < -0.3 is 15.6 Å². The summed E-state index contributed by atoms with van der Waals surface area (Å²) in [6, 6.07) is 11.7. The smallest absolute Gasteiger partial charge is 0.237 e. The van der Waals surface area contributed by atoms with E-state index in [0.717, 1.165) is 22.4 Å². The predicted octanol–water partition coefficient (Wildman–Crippen LogP) is 4.11. The van der Waals surface area contributed by atoms with Crippen LogP contribution in [-0.4, -0.2) is 25.9 Å². The number of nitrogen functional groups attached to an aromatic ring is 1. The summed E-state index contributed by atoms with van der Waals surface area (Å²) in [5.41, 5.74) is 11.6. The first-order chi connectivity index (χ1) is 13.3. The van der Waals surface area contributed by atoms with E-state index in [-0.39, 0.29) is 11.2 Å². The summed E-state index contributed by atoms with van der Waals surface area (Å²) in [6.07, 6.45) is 0. The number of hydrogen-bond acceptors (Lipinski definition) is 5. The van der Waals surface area contributed by atoms with Crippen LogP contribution in [0.1, 0.15) is 23.6 Å². The van der Waals surface area contributed by atoms with Gasteiger partial charge in [0.1, 0.15) is 0 Å². The van der Waals surface area contributed by atoms with Crippen LogP contribution in [0, 0.1) is 20.8 Å². The number of anilines is 2. The Kier molecular flexibility index (Phi) is 5.74. The van der Waals surface area contributed by atoms with E-state index in [1.807, 2.05) is 56.7 Å². The van der Waals surface area contributed by atoms with Crippen LogP contribution in [0.3, 0.4) is 0 Å². The van der Waals surface area contributed by atoms with E-state index < -0.39 is 0 Å². The lowest BCUT2D eigenvalue weighted by molar-refractivity contribution is -0.115. The van der Waals surface area contributed by atoms with Crippen molar-refractivity contribution >= 4 is 29.0 Å². The van der Waals surface area contributed by atoms with E-state index >= 15 is 0 Å². The number of rotatable bonds is 5. The number of aromatic nitrogens is 3. The van der Waals surface area contributed by atoms with Crippen molar-refractivity contribution in [1.82, 2.24) is 14.8 Å². The Balaban J connectivity index is 1.75. The molecule has 7 heteroatoms. The normalized spacial score (nSPS) is 12.0. The molecular formula is C21H25N5OS. The number of aryl methyl sites for hydroxylation is 3. The van der Waals surface area contributed by atoms with Crippen molar-refractivity contribution in [2.75, 3.05) is 11.1 Å². The molecule has 0 saturated carbocycles. The lowest BCUT2D eigenvalue weighted by Crippen LogP contribution is -2.23. The van der Waals surface area contributed by atoms with E-state index in [1.165, 1.54) is 17.3 Å². The first-order valence-corrected chi connectivity index (χ1v) is 9.95. The van der Waals surface area contributed by atoms with Gasteiger partial charge in [-0.15, -0.1) is 10.2 Å². The molecule has 1 amide bonds. The van der Waals surface area contributed by atoms with E-state index in [4.69, 9.17) is 5.73 Å². The number of carbonyl (C=O) groups is 1. The Morgan fingerprint density at radius 3 is 2.46 bits per heavy atom.